The summed E-state index contributed by atoms with van der Waals surface area (Å²) in [5.41, 5.74) is 0.110. The van der Waals surface area contributed by atoms with Crippen LogP contribution in [0.4, 0.5) is 0 Å². The summed E-state index contributed by atoms with van der Waals surface area (Å²) in [5.74, 6) is 0.161. The maximum atomic E-state index is 12.5. The van der Waals surface area contributed by atoms with Gasteiger partial charge in [-0.25, -0.2) is 4.79 Å². The summed E-state index contributed by atoms with van der Waals surface area (Å²) in [6, 6.07) is 7.57. The van der Waals surface area contributed by atoms with Gasteiger partial charge in [-0.05, 0) is 30.3 Å². The molecule has 1 aromatic heterocycles. The van der Waals surface area contributed by atoms with Gasteiger partial charge in [-0.1, -0.05) is 0 Å². The van der Waals surface area contributed by atoms with E-state index in [9.17, 15) is 15.0 Å². The highest BCUT2D eigenvalue weighted by molar-refractivity contribution is 5.89. The monoisotopic (exact) mass is 344 g/mol. The topological polar surface area (TPSA) is 98.4 Å². The third kappa shape index (κ3) is 2.59. The third-order valence-corrected chi connectivity index (χ3v) is 3.83. The largest absolute Gasteiger partial charge is 0.504 e. The van der Waals surface area contributed by atoms with Crippen LogP contribution in [0.3, 0.4) is 0 Å². The second-order valence-corrected chi connectivity index (χ2v) is 5.18. The van der Waals surface area contributed by atoms with Crippen LogP contribution in [-0.4, -0.2) is 31.5 Å². The van der Waals surface area contributed by atoms with Crippen molar-refractivity contribution in [2.24, 2.45) is 0 Å². The normalized spacial score (nSPS) is 10.7. The van der Waals surface area contributed by atoms with E-state index in [1.54, 1.807) is 12.1 Å². The molecule has 0 unspecified atom stereocenters. The molecule has 1 heterocycles. The van der Waals surface area contributed by atoms with Crippen LogP contribution in [0.25, 0.3) is 22.1 Å². The van der Waals surface area contributed by atoms with E-state index in [0.29, 0.717) is 10.9 Å². The summed E-state index contributed by atoms with van der Waals surface area (Å²) < 4.78 is 20.9. The van der Waals surface area contributed by atoms with Crippen LogP contribution in [0, 0.1) is 0 Å². The lowest BCUT2D eigenvalue weighted by Gasteiger charge is -2.14. The van der Waals surface area contributed by atoms with Crippen LogP contribution < -0.4 is 19.8 Å². The van der Waals surface area contributed by atoms with E-state index in [0.717, 1.165) is 0 Å². The van der Waals surface area contributed by atoms with E-state index >= 15 is 0 Å². The van der Waals surface area contributed by atoms with Gasteiger partial charge in [-0.2, -0.15) is 0 Å². The van der Waals surface area contributed by atoms with Crippen molar-refractivity contribution in [2.45, 2.75) is 0 Å². The molecule has 0 fully saturated rings. The van der Waals surface area contributed by atoms with Gasteiger partial charge in [0.25, 0.3) is 0 Å². The molecule has 0 aliphatic carbocycles. The highest BCUT2D eigenvalue weighted by atomic mass is 16.5. The molecular weight excluding hydrogens is 328 g/mol. The van der Waals surface area contributed by atoms with Gasteiger partial charge < -0.3 is 28.8 Å². The quantitative estimate of drug-likeness (QED) is 0.702. The molecule has 0 spiro atoms. The molecule has 0 aliphatic heterocycles. The summed E-state index contributed by atoms with van der Waals surface area (Å²) in [7, 11) is 4.17. The molecular formula is C18H16O7. The maximum absolute atomic E-state index is 12.5. The fourth-order valence-corrected chi connectivity index (χ4v) is 2.70. The Morgan fingerprint density at radius 1 is 0.800 bits per heavy atom. The van der Waals surface area contributed by atoms with E-state index in [1.165, 1.54) is 39.5 Å². The Hall–Kier alpha value is -3.35. The van der Waals surface area contributed by atoms with Crippen LogP contribution in [0.1, 0.15) is 0 Å². The number of rotatable bonds is 4. The smallest absolute Gasteiger partial charge is 0.344 e. The number of aromatic hydroxyl groups is 2. The summed E-state index contributed by atoms with van der Waals surface area (Å²) >= 11 is 0. The molecule has 0 radical (unpaired) electrons. The first-order valence-corrected chi connectivity index (χ1v) is 7.30. The Kier molecular flexibility index (Phi) is 4.14. The second kappa shape index (κ2) is 6.27. The standard InChI is InChI=1S/C18H16O7/c1-22-15-10(5-7-13(20)17(15)24-3)11-8-9-4-6-12(19)16(23-2)14(9)25-18(11)21/h4-8,19-20H,1-3H3. The van der Waals surface area contributed by atoms with E-state index < -0.39 is 5.63 Å². The highest BCUT2D eigenvalue weighted by Gasteiger charge is 2.20. The zero-order valence-electron chi connectivity index (χ0n) is 13.8. The first-order chi connectivity index (χ1) is 12.0. The Labute approximate surface area is 142 Å². The highest BCUT2D eigenvalue weighted by Crippen LogP contribution is 2.44. The van der Waals surface area contributed by atoms with Crippen molar-refractivity contribution in [3.05, 3.63) is 40.8 Å². The van der Waals surface area contributed by atoms with Crippen LogP contribution in [0.2, 0.25) is 0 Å². The van der Waals surface area contributed by atoms with Crippen molar-refractivity contribution in [3.8, 4) is 39.9 Å². The lowest BCUT2D eigenvalue weighted by molar-refractivity contribution is 0.334. The summed E-state index contributed by atoms with van der Waals surface area (Å²) in [4.78, 5) is 12.5. The number of phenolic OH excluding ortho intramolecular Hbond substituents is 2. The minimum Gasteiger partial charge on any atom is -0.504 e. The molecule has 7 nitrogen and oxygen atoms in total. The van der Waals surface area contributed by atoms with Crippen LogP contribution >= 0.6 is 0 Å². The maximum Gasteiger partial charge on any atom is 0.344 e. The van der Waals surface area contributed by atoms with Gasteiger partial charge in [0.05, 0.1) is 26.9 Å². The molecule has 0 bridgehead atoms. The molecule has 25 heavy (non-hydrogen) atoms. The number of phenols is 2. The molecule has 2 aromatic carbocycles. The molecule has 0 saturated heterocycles. The number of methoxy groups -OCH3 is 3. The molecule has 0 amide bonds. The molecule has 0 saturated carbocycles. The van der Waals surface area contributed by atoms with Crippen LogP contribution in [-0.2, 0) is 0 Å². The van der Waals surface area contributed by atoms with Gasteiger partial charge in [0, 0.05) is 10.9 Å². The van der Waals surface area contributed by atoms with Gasteiger partial charge in [0.1, 0.15) is 0 Å². The first-order valence-electron chi connectivity index (χ1n) is 7.30. The summed E-state index contributed by atoms with van der Waals surface area (Å²) in [6.07, 6.45) is 0. The van der Waals surface area contributed by atoms with E-state index in [1.807, 2.05) is 0 Å². The number of fused-ring (bicyclic) bond motifs is 1. The van der Waals surface area contributed by atoms with Crippen molar-refractivity contribution in [3.63, 3.8) is 0 Å². The Morgan fingerprint density at radius 2 is 1.40 bits per heavy atom. The lowest BCUT2D eigenvalue weighted by Crippen LogP contribution is -2.05. The fraction of sp³-hybridized carbons (Fsp3) is 0.167. The molecule has 2 N–H and O–H groups in total. The van der Waals surface area contributed by atoms with Gasteiger partial charge in [-0.3, -0.25) is 0 Å². The predicted molar refractivity (Wildman–Crippen MR) is 90.9 cm³/mol. The van der Waals surface area contributed by atoms with Crippen molar-refractivity contribution in [2.75, 3.05) is 21.3 Å². The Balaban J connectivity index is 2.33. The number of hydrogen-bond donors (Lipinski definition) is 2. The molecule has 0 aliphatic rings. The van der Waals surface area contributed by atoms with Crippen LogP contribution in [0.5, 0.6) is 28.7 Å². The van der Waals surface area contributed by atoms with Crippen molar-refractivity contribution in [1.29, 1.82) is 0 Å². The molecule has 130 valence electrons. The summed E-state index contributed by atoms with van der Waals surface area (Å²) in [6.45, 7) is 0. The molecule has 3 rings (SSSR count). The predicted octanol–water partition coefficient (Wildman–Crippen LogP) is 2.90. The van der Waals surface area contributed by atoms with Gasteiger partial charge >= 0.3 is 5.63 Å². The Morgan fingerprint density at radius 3 is 2.04 bits per heavy atom. The average Bonchev–Trinajstić information content (AvgIpc) is 2.61. The number of benzene rings is 2. The van der Waals surface area contributed by atoms with Gasteiger partial charge in [-0.15, -0.1) is 0 Å². The van der Waals surface area contributed by atoms with Crippen molar-refractivity contribution in [1.82, 2.24) is 0 Å². The van der Waals surface area contributed by atoms with E-state index in [4.69, 9.17) is 18.6 Å². The minimum atomic E-state index is -0.651. The second-order valence-electron chi connectivity index (χ2n) is 5.18. The number of hydrogen-bond acceptors (Lipinski definition) is 7. The fourth-order valence-electron chi connectivity index (χ4n) is 2.70. The molecule has 0 atom stereocenters. The summed E-state index contributed by atoms with van der Waals surface area (Å²) in [5, 5.41) is 20.3. The first kappa shape index (κ1) is 16.5. The van der Waals surface area contributed by atoms with E-state index in [-0.39, 0.29) is 39.9 Å². The van der Waals surface area contributed by atoms with Crippen molar-refractivity contribution < 1.29 is 28.8 Å². The minimum absolute atomic E-state index is 0.0800. The zero-order valence-corrected chi connectivity index (χ0v) is 13.8. The van der Waals surface area contributed by atoms with Crippen molar-refractivity contribution >= 4 is 11.0 Å². The Bertz CT molecular complexity index is 1000. The van der Waals surface area contributed by atoms with E-state index in [2.05, 4.69) is 0 Å². The zero-order chi connectivity index (χ0) is 18.1. The third-order valence-electron chi connectivity index (χ3n) is 3.83. The average molecular weight is 344 g/mol. The van der Waals surface area contributed by atoms with Crippen LogP contribution in [0.15, 0.2) is 39.5 Å². The number of ether oxygens (including phenoxy) is 3. The van der Waals surface area contributed by atoms with Gasteiger partial charge in [0.15, 0.2) is 22.8 Å². The molecule has 7 heteroatoms. The van der Waals surface area contributed by atoms with Gasteiger partial charge in [0.2, 0.25) is 11.5 Å². The SMILES string of the molecule is COc1c(O)ccc(-c2cc3ccc(O)c(OC)c3oc2=O)c1OC. The molecule has 3 aromatic rings. The lowest BCUT2D eigenvalue weighted by atomic mass is 10.0.